The zero-order chi connectivity index (χ0) is 28.3. The molecular weight excluding hydrogens is 524 g/mol. The number of rotatable bonds is 3. The monoisotopic (exact) mass is 548 g/mol. The summed E-state index contributed by atoms with van der Waals surface area (Å²) in [5.74, 6) is 0.658. The van der Waals surface area contributed by atoms with Crippen molar-refractivity contribution >= 4 is 49.9 Å². The maximum Gasteiger partial charge on any atom is 0.235 e. The van der Waals surface area contributed by atoms with Gasteiger partial charge in [-0.15, -0.1) is 0 Å². The van der Waals surface area contributed by atoms with Gasteiger partial charge < -0.3 is 0 Å². The van der Waals surface area contributed by atoms with E-state index in [9.17, 15) is 0 Å². The largest absolute Gasteiger partial charge is 0.278 e. The average Bonchev–Trinajstić information content (AvgIpc) is 3.08. The Kier molecular flexibility index (Phi) is 5.16. The van der Waals surface area contributed by atoms with E-state index in [1.807, 2.05) is 18.3 Å². The van der Waals surface area contributed by atoms with E-state index in [2.05, 4.69) is 137 Å². The van der Waals surface area contributed by atoms with E-state index in [4.69, 9.17) is 9.97 Å². The highest BCUT2D eigenvalue weighted by Crippen LogP contribution is 2.50. The van der Waals surface area contributed by atoms with E-state index in [0.29, 0.717) is 5.95 Å². The second kappa shape index (κ2) is 9.33. The molecule has 4 nitrogen and oxygen atoms in total. The first-order chi connectivity index (χ1) is 21.3. The molecule has 200 valence electrons. The van der Waals surface area contributed by atoms with Crippen molar-refractivity contribution in [2.75, 3.05) is 4.90 Å². The number of pyridine rings is 1. The lowest BCUT2D eigenvalue weighted by molar-refractivity contribution is 1.11. The lowest BCUT2D eigenvalue weighted by atomic mass is 9.91. The SMILES string of the molecule is c1ccc2c(c1)-c1cccc3cccc(c13)N2c1nc(-c2ccc(-c3cccc4cccnc34)cc2)c2ccccc2n1. The second-order valence-corrected chi connectivity index (χ2v) is 10.9. The molecule has 0 fully saturated rings. The number of aromatic nitrogens is 3. The van der Waals surface area contributed by atoms with Gasteiger partial charge in [0.05, 0.1) is 28.1 Å². The molecule has 0 atom stereocenters. The third kappa shape index (κ3) is 3.67. The van der Waals surface area contributed by atoms with Crippen LogP contribution in [0.4, 0.5) is 17.3 Å². The summed E-state index contributed by atoms with van der Waals surface area (Å²) in [6.45, 7) is 0. The second-order valence-electron chi connectivity index (χ2n) is 10.9. The van der Waals surface area contributed by atoms with Gasteiger partial charge in [0.25, 0.3) is 0 Å². The van der Waals surface area contributed by atoms with Crippen LogP contribution < -0.4 is 4.90 Å². The average molecular weight is 549 g/mol. The Morgan fingerprint density at radius 3 is 2.05 bits per heavy atom. The Labute approximate surface area is 248 Å². The molecule has 0 radical (unpaired) electrons. The molecule has 43 heavy (non-hydrogen) atoms. The van der Waals surface area contributed by atoms with Crippen molar-refractivity contribution in [1.82, 2.24) is 15.0 Å². The van der Waals surface area contributed by atoms with Crippen LogP contribution >= 0.6 is 0 Å². The fourth-order valence-corrected chi connectivity index (χ4v) is 6.50. The Bertz CT molecular complexity index is 2350. The quantitative estimate of drug-likeness (QED) is 0.220. The molecule has 0 spiro atoms. The van der Waals surface area contributed by atoms with Gasteiger partial charge in [-0.05, 0) is 40.8 Å². The van der Waals surface area contributed by atoms with Gasteiger partial charge in [0, 0.05) is 39.0 Å². The summed E-state index contributed by atoms with van der Waals surface area (Å²) < 4.78 is 0. The van der Waals surface area contributed by atoms with Gasteiger partial charge in [0.1, 0.15) is 0 Å². The van der Waals surface area contributed by atoms with Crippen LogP contribution in [0.3, 0.4) is 0 Å². The molecule has 0 amide bonds. The van der Waals surface area contributed by atoms with E-state index < -0.39 is 0 Å². The third-order valence-corrected chi connectivity index (χ3v) is 8.45. The molecule has 1 aliphatic heterocycles. The molecule has 0 aliphatic carbocycles. The van der Waals surface area contributed by atoms with Crippen LogP contribution in [0, 0.1) is 0 Å². The summed E-state index contributed by atoms with van der Waals surface area (Å²) in [6.07, 6.45) is 1.85. The van der Waals surface area contributed by atoms with E-state index >= 15 is 0 Å². The lowest BCUT2D eigenvalue weighted by Crippen LogP contribution is -2.18. The first-order valence-corrected chi connectivity index (χ1v) is 14.5. The summed E-state index contributed by atoms with van der Waals surface area (Å²) in [5.41, 5.74) is 10.7. The standard InChI is InChI=1S/C39H24N4/c1-3-17-33-32(14-1)38(28-22-20-25(21-23-28)29-15-6-11-27-12-8-24-40-37(27)29)42-39(41-33)43-34-18-4-2-13-30(34)31-16-5-9-26-10-7-19-35(43)36(26)31/h1-24H. The van der Waals surface area contributed by atoms with Crippen LogP contribution in [-0.4, -0.2) is 15.0 Å². The highest BCUT2D eigenvalue weighted by atomic mass is 15.3. The van der Waals surface area contributed by atoms with Crippen LogP contribution in [0.2, 0.25) is 0 Å². The van der Waals surface area contributed by atoms with Crippen molar-refractivity contribution in [3.05, 3.63) is 146 Å². The highest BCUT2D eigenvalue weighted by molar-refractivity contribution is 6.13. The minimum Gasteiger partial charge on any atom is -0.278 e. The minimum absolute atomic E-state index is 0.658. The van der Waals surface area contributed by atoms with Gasteiger partial charge in [-0.3, -0.25) is 9.88 Å². The zero-order valence-electron chi connectivity index (χ0n) is 23.1. The lowest BCUT2D eigenvalue weighted by Gasteiger charge is -2.32. The summed E-state index contributed by atoms with van der Waals surface area (Å²) in [6, 6.07) is 48.9. The number of anilines is 3. The highest BCUT2D eigenvalue weighted by Gasteiger charge is 2.28. The predicted molar refractivity (Wildman–Crippen MR) is 177 cm³/mol. The van der Waals surface area contributed by atoms with E-state index in [0.717, 1.165) is 55.6 Å². The molecule has 0 bridgehead atoms. The van der Waals surface area contributed by atoms with Crippen molar-refractivity contribution in [3.8, 4) is 33.5 Å². The van der Waals surface area contributed by atoms with Gasteiger partial charge in [0.2, 0.25) is 5.95 Å². The van der Waals surface area contributed by atoms with Crippen molar-refractivity contribution in [3.63, 3.8) is 0 Å². The molecule has 0 N–H and O–H groups in total. The molecule has 8 aromatic rings. The van der Waals surface area contributed by atoms with Crippen LogP contribution in [0.1, 0.15) is 0 Å². The third-order valence-electron chi connectivity index (χ3n) is 8.45. The number of benzene rings is 6. The number of hydrogen-bond donors (Lipinski definition) is 0. The van der Waals surface area contributed by atoms with E-state index in [-0.39, 0.29) is 0 Å². The van der Waals surface area contributed by atoms with Crippen LogP contribution in [0.15, 0.2) is 146 Å². The molecule has 9 rings (SSSR count). The van der Waals surface area contributed by atoms with Crippen LogP contribution in [0.25, 0.3) is 66.1 Å². The first kappa shape index (κ1) is 23.8. The summed E-state index contributed by atoms with van der Waals surface area (Å²) >= 11 is 0. The maximum absolute atomic E-state index is 5.31. The van der Waals surface area contributed by atoms with Gasteiger partial charge in [-0.2, -0.15) is 0 Å². The summed E-state index contributed by atoms with van der Waals surface area (Å²) in [7, 11) is 0. The van der Waals surface area contributed by atoms with E-state index in [1.54, 1.807) is 0 Å². The molecule has 6 aromatic carbocycles. The van der Waals surface area contributed by atoms with Crippen molar-refractivity contribution in [2.45, 2.75) is 0 Å². The Hall–Kier alpha value is -5.87. The van der Waals surface area contributed by atoms with Gasteiger partial charge in [-0.1, -0.05) is 115 Å². The smallest absolute Gasteiger partial charge is 0.235 e. The van der Waals surface area contributed by atoms with Gasteiger partial charge in [-0.25, -0.2) is 9.97 Å². The topological polar surface area (TPSA) is 41.9 Å². The Balaban J connectivity index is 1.24. The number of para-hydroxylation sites is 3. The van der Waals surface area contributed by atoms with Crippen molar-refractivity contribution < 1.29 is 0 Å². The van der Waals surface area contributed by atoms with Crippen LogP contribution in [-0.2, 0) is 0 Å². The fourth-order valence-electron chi connectivity index (χ4n) is 6.50. The molecule has 0 unspecified atom stereocenters. The minimum atomic E-state index is 0.658. The van der Waals surface area contributed by atoms with Crippen molar-refractivity contribution in [1.29, 1.82) is 0 Å². The molecular formula is C39H24N4. The molecule has 4 heteroatoms. The number of hydrogen-bond acceptors (Lipinski definition) is 4. The molecule has 0 saturated carbocycles. The maximum atomic E-state index is 5.31. The Morgan fingerprint density at radius 1 is 0.465 bits per heavy atom. The summed E-state index contributed by atoms with van der Waals surface area (Å²) in [4.78, 5) is 17.3. The Morgan fingerprint density at radius 2 is 1.14 bits per heavy atom. The molecule has 2 aromatic heterocycles. The summed E-state index contributed by atoms with van der Waals surface area (Å²) in [5, 5.41) is 4.58. The molecule has 0 saturated heterocycles. The fraction of sp³-hybridized carbons (Fsp3) is 0. The van der Waals surface area contributed by atoms with Crippen LogP contribution in [0.5, 0.6) is 0 Å². The normalized spacial score (nSPS) is 12.1. The first-order valence-electron chi connectivity index (χ1n) is 14.5. The molecule has 3 heterocycles. The van der Waals surface area contributed by atoms with Crippen molar-refractivity contribution in [2.24, 2.45) is 0 Å². The van der Waals surface area contributed by atoms with Gasteiger partial charge in [0.15, 0.2) is 0 Å². The van der Waals surface area contributed by atoms with E-state index in [1.165, 1.54) is 21.9 Å². The molecule has 1 aliphatic rings. The van der Waals surface area contributed by atoms with Gasteiger partial charge >= 0.3 is 0 Å². The predicted octanol–water partition coefficient (Wildman–Crippen LogP) is 10.1. The number of nitrogens with zero attached hydrogens (tertiary/aromatic N) is 4. The number of fused-ring (bicyclic) bond motifs is 4. The zero-order valence-corrected chi connectivity index (χ0v) is 23.1.